The van der Waals surface area contributed by atoms with Crippen molar-refractivity contribution in [1.82, 2.24) is 25.0 Å². The number of aromatic nitrogens is 3. The van der Waals surface area contributed by atoms with Crippen LogP contribution in [-0.2, 0) is 13.6 Å². The highest BCUT2D eigenvalue weighted by atomic mass is 15.3. The quantitative estimate of drug-likeness (QED) is 0.766. The fourth-order valence-corrected chi connectivity index (χ4v) is 2.23. The molecule has 0 atom stereocenters. The van der Waals surface area contributed by atoms with Crippen molar-refractivity contribution < 1.29 is 0 Å². The smallest absolute Gasteiger partial charge is 0.146 e. The van der Waals surface area contributed by atoms with Gasteiger partial charge in [-0.2, -0.15) is 0 Å². The highest BCUT2D eigenvalue weighted by Crippen LogP contribution is 2.07. The SMILES string of the molecule is Cc1nnc(CNCCN2CCCCC2)n1C. The number of nitrogens with zero attached hydrogens (tertiary/aromatic N) is 4. The molecule has 1 aliphatic heterocycles. The van der Waals surface area contributed by atoms with Crippen molar-refractivity contribution in [3.05, 3.63) is 11.6 Å². The summed E-state index contributed by atoms with van der Waals surface area (Å²) in [6, 6.07) is 0. The van der Waals surface area contributed by atoms with Gasteiger partial charge in [0.2, 0.25) is 0 Å². The Morgan fingerprint density at radius 1 is 1.18 bits per heavy atom. The molecule has 2 rings (SSSR count). The molecule has 17 heavy (non-hydrogen) atoms. The average Bonchev–Trinajstić information content (AvgIpc) is 2.67. The number of piperidine rings is 1. The summed E-state index contributed by atoms with van der Waals surface area (Å²) < 4.78 is 2.04. The number of rotatable bonds is 5. The predicted molar refractivity (Wildman–Crippen MR) is 67.7 cm³/mol. The van der Waals surface area contributed by atoms with E-state index in [2.05, 4.69) is 20.4 Å². The molecule has 2 heterocycles. The zero-order valence-electron chi connectivity index (χ0n) is 10.9. The highest BCUT2D eigenvalue weighted by molar-refractivity contribution is 4.91. The van der Waals surface area contributed by atoms with Crippen molar-refractivity contribution in [2.24, 2.45) is 7.05 Å². The van der Waals surface area contributed by atoms with E-state index in [4.69, 9.17) is 0 Å². The maximum atomic E-state index is 4.14. The molecule has 1 aromatic rings. The first-order chi connectivity index (χ1) is 8.27. The minimum atomic E-state index is 0.811. The van der Waals surface area contributed by atoms with E-state index < -0.39 is 0 Å². The normalized spacial score (nSPS) is 17.5. The van der Waals surface area contributed by atoms with Crippen LogP contribution in [0.1, 0.15) is 30.9 Å². The van der Waals surface area contributed by atoms with Gasteiger partial charge in [-0.25, -0.2) is 0 Å². The second-order valence-electron chi connectivity index (χ2n) is 4.80. The Morgan fingerprint density at radius 2 is 1.94 bits per heavy atom. The first kappa shape index (κ1) is 12.5. The number of hydrogen-bond acceptors (Lipinski definition) is 4. The Morgan fingerprint density at radius 3 is 2.59 bits per heavy atom. The van der Waals surface area contributed by atoms with E-state index in [1.807, 2.05) is 18.5 Å². The van der Waals surface area contributed by atoms with E-state index in [1.54, 1.807) is 0 Å². The third-order valence-electron chi connectivity index (χ3n) is 3.52. The van der Waals surface area contributed by atoms with E-state index in [1.165, 1.54) is 32.4 Å². The molecule has 96 valence electrons. The lowest BCUT2D eigenvalue weighted by Gasteiger charge is -2.26. The van der Waals surface area contributed by atoms with Crippen molar-refractivity contribution >= 4 is 0 Å². The number of nitrogens with one attached hydrogen (secondary N) is 1. The molecule has 1 aliphatic rings. The van der Waals surface area contributed by atoms with Gasteiger partial charge >= 0.3 is 0 Å². The van der Waals surface area contributed by atoms with Crippen LogP contribution in [0.15, 0.2) is 0 Å². The van der Waals surface area contributed by atoms with Gasteiger partial charge in [0, 0.05) is 20.1 Å². The molecule has 5 nitrogen and oxygen atoms in total. The highest BCUT2D eigenvalue weighted by Gasteiger charge is 2.09. The molecule has 0 aromatic carbocycles. The van der Waals surface area contributed by atoms with Crippen LogP contribution in [-0.4, -0.2) is 45.8 Å². The third-order valence-corrected chi connectivity index (χ3v) is 3.52. The van der Waals surface area contributed by atoms with Crippen LogP contribution in [0.2, 0.25) is 0 Å². The summed E-state index contributed by atoms with van der Waals surface area (Å²) >= 11 is 0. The van der Waals surface area contributed by atoms with Crippen molar-refractivity contribution in [3.63, 3.8) is 0 Å². The summed E-state index contributed by atoms with van der Waals surface area (Å²) in [5, 5.41) is 11.6. The van der Waals surface area contributed by atoms with Gasteiger partial charge in [0.1, 0.15) is 11.6 Å². The molecule has 0 bridgehead atoms. The summed E-state index contributed by atoms with van der Waals surface area (Å²) in [6.07, 6.45) is 4.13. The zero-order valence-corrected chi connectivity index (χ0v) is 10.9. The van der Waals surface area contributed by atoms with E-state index in [-0.39, 0.29) is 0 Å². The van der Waals surface area contributed by atoms with Crippen LogP contribution < -0.4 is 5.32 Å². The molecular weight excluding hydrogens is 214 g/mol. The Bertz CT molecular complexity index is 341. The summed E-state index contributed by atoms with van der Waals surface area (Å²) in [5.41, 5.74) is 0. The van der Waals surface area contributed by atoms with Crippen molar-refractivity contribution in [3.8, 4) is 0 Å². The van der Waals surface area contributed by atoms with Crippen LogP contribution in [0.25, 0.3) is 0 Å². The minimum absolute atomic E-state index is 0.811. The van der Waals surface area contributed by atoms with Gasteiger partial charge < -0.3 is 14.8 Å². The lowest BCUT2D eigenvalue weighted by atomic mass is 10.1. The van der Waals surface area contributed by atoms with E-state index >= 15 is 0 Å². The summed E-state index contributed by atoms with van der Waals surface area (Å²) in [6.45, 7) is 7.51. The molecular formula is C12H23N5. The number of likely N-dealkylation sites (tertiary alicyclic amines) is 1. The summed E-state index contributed by atoms with van der Waals surface area (Å²) in [7, 11) is 2.01. The van der Waals surface area contributed by atoms with Gasteiger partial charge in [0.25, 0.3) is 0 Å². The maximum absolute atomic E-state index is 4.14. The summed E-state index contributed by atoms with van der Waals surface area (Å²) in [4.78, 5) is 2.54. The Hall–Kier alpha value is -0.940. The van der Waals surface area contributed by atoms with Gasteiger partial charge in [-0.05, 0) is 32.9 Å². The molecule has 0 radical (unpaired) electrons. The molecule has 1 N–H and O–H groups in total. The minimum Gasteiger partial charge on any atom is -0.317 e. The predicted octanol–water partition coefficient (Wildman–Crippen LogP) is 0.699. The molecule has 0 aliphatic carbocycles. The Kier molecular flexibility index (Phi) is 4.50. The second-order valence-corrected chi connectivity index (χ2v) is 4.80. The molecule has 0 amide bonds. The number of aryl methyl sites for hydroxylation is 1. The Labute approximate surface area is 103 Å². The lowest BCUT2D eigenvalue weighted by molar-refractivity contribution is 0.228. The summed E-state index contributed by atoms with van der Waals surface area (Å²) in [5.74, 6) is 1.99. The molecule has 1 fully saturated rings. The van der Waals surface area contributed by atoms with Crippen LogP contribution >= 0.6 is 0 Å². The van der Waals surface area contributed by atoms with E-state index in [0.717, 1.165) is 31.3 Å². The Balaban J connectivity index is 1.64. The first-order valence-corrected chi connectivity index (χ1v) is 6.55. The van der Waals surface area contributed by atoms with Crippen molar-refractivity contribution in [2.45, 2.75) is 32.7 Å². The van der Waals surface area contributed by atoms with Gasteiger partial charge in [-0.3, -0.25) is 0 Å². The number of hydrogen-bond donors (Lipinski definition) is 1. The molecule has 1 aromatic heterocycles. The third kappa shape index (κ3) is 3.51. The van der Waals surface area contributed by atoms with Crippen LogP contribution in [0.4, 0.5) is 0 Å². The molecule has 0 spiro atoms. The molecule has 0 unspecified atom stereocenters. The van der Waals surface area contributed by atoms with Gasteiger partial charge in [-0.15, -0.1) is 10.2 Å². The first-order valence-electron chi connectivity index (χ1n) is 6.55. The monoisotopic (exact) mass is 237 g/mol. The van der Waals surface area contributed by atoms with Crippen molar-refractivity contribution in [2.75, 3.05) is 26.2 Å². The van der Waals surface area contributed by atoms with Gasteiger partial charge in [0.05, 0.1) is 6.54 Å². The largest absolute Gasteiger partial charge is 0.317 e. The van der Waals surface area contributed by atoms with Crippen molar-refractivity contribution in [1.29, 1.82) is 0 Å². The average molecular weight is 237 g/mol. The molecule has 1 saturated heterocycles. The van der Waals surface area contributed by atoms with Gasteiger partial charge in [-0.1, -0.05) is 6.42 Å². The fourth-order valence-electron chi connectivity index (χ4n) is 2.23. The van der Waals surface area contributed by atoms with Crippen LogP contribution in [0.5, 0.6) is 0 Å². The molecule has 0 saturated carbocycles. The topological polar surface area (TPSA) is 46.0 Å². The van der Waals surface area contributed by atoms with Gasteiger partial charge in [0.15, 0.2) is 0 Å². The zero-order chi connectivity index (χ0) is 12.1. The second kappa shape index (κ2) is 6.12. The molecule has 5 heteroatoms. The van der Waals surface area contributed by atoms with E-state index in [0.29, 0.717) is 0 Å². The lowest BCUT2D eigenvalue weighted by Crippen LogP contribution is -2.35. The van der Waals surface area contributed by atoms with Crippen LogP contribution in [0, 0.1) is 6.92 Å². The fraction of sp³-hybridized carbons (Fsp3) is 0.833. The maximum Gasteiger partial charge on any atom is 0.146 e. The van der Waals surface area contributed by atoms with E-state index in [9.17, 15) is 0 Å². The van der Waals surface area contributed by atoms with Crippen LogP contribution in [0.3, 0.4) is 0 Å². The standard InChI is InChI=1S/C12H23N5/c1-11-14-15-12(16(11)2)10-13-6-9-17-7-4-3-5-8-17/h13H,3-10H2,1-2H3.